The minimum atomic E-state index is -0.801. The molecule has 1 aliphatic heterocycles. The highest BCUT2D eigenvalue weighted by Gasteiger charge is 2.18. The average Bonchev–Trinajstić information content (AvgIpc) is 2.44. The number of nitrogens with one attached hydrogen (secondary N) is 1. The summed E-state index contributed by atoms with van der Waals surface area (Å²) in [7, 11) is 0. The van der Waals surface area contributed by atoms with Gasteiger partial charge in [0.1, 0.15) is 0 Å². The lowest BCUT2D eigenvalue weighted by Gasteiger charge is -2.32. The van der Waals surface area contributed by atoms with Crippen molar-refractivity contribution in [2.75, 3.05) is 32.8 Å². The maximum absolute atomic E-state index is 13.4. The zero-order chi connectivity index (χ0) is 13.7. The van der Waals surface area contributed by atoms with E-state index in [0.29, 0.717) is 18.7 Å². The molecular formula is C14H20F2N2O. The molecule has 1 heterocycles. The normalized spacial score (nSPS) is 20.7. The third-order valence-electron chi connectivity index (χ3n) is 3.39. The SMILES string of the molecule is CCN1CCOC(CNCc2cccc(F)c2F)C1. The molecule has 1 atom stereocenters. The van der Waals surface area contributed by atoms with Crippen molar-refractivity contribution in [2.24, 2.45) is 0 Å². The van der Waals surface area contributed by atoms with Gasteiger partial charge in [0, 0.05) is 31.7 Å². The molecule has 0 spiro atoms. The van der Waals surface area contributed by atoms with Gasteiger partial charge in [-0.15, -0.1) is 0 Å². The number of likely N-dealkylation sites (N-methyl/N-ethyl adjacent to an activating group) is 1. The lowest BCUT2D eigenvalue weighted by molar-refractivity contribution is -0.0254. The van der Waals surface area contributed by atoms with E-state index in [1.807, 2.05) is 0 Å². The van der Waals surface area contributed by atoms with Crippen molar-refractivity contribution in [1.82, 2.24) is 10.2 Å². The van der Waals surface area contributed by atoms with Gasteiger partial charge >= 0.3 is 0 Å². The second-order valence-corrected chi connectivity index (χ2v) is 4.73. The minimum absolute atomic E-state index is 0.116. The molecule has 3 nitrogen and oxygen atoms in total. The van der Waals surface area contributed by atoms with Gasteiger partial charge in [-0.25, -0.2) is 8.78 Å². The van der Waals surface area contributed by atoms with Crippen molar-refractivity contribution >= 4 is 0 Å². The fourth-order valence-electron chi connectivity index (χ4n) is 2.24. The Kier molecular flexibility index (Phi) is 5.24. The first kappa shape index (κ1) is 14.4. The molecule has 0 aromatic heterocycles. The second kappa shape index (κ2) is 6.93. The number of hydrogen-bond acceptors (Lipinski definition) is 3. The minimum Gasteiger partial charge on any atom is -0.374 e. The fourth-order valence-corrected chi connectivity index (χ4v) is 2.24. The number of hydrogen-bond donors (Lipinski definition) is 1. The molecule has 2 rings (SSSR count). The van der Waals surface area contributed by atoms with E-state index in [9.17, 15) is 8.78 Å². The summed E-state index contributed by atoms with van der Waals surface area (Å²) in [5.41, 5.74) is 0.350. The molecular weight excluding hydrogens is 250 g/mol. The van der Waals surface area contributed by atoms with E-state index < -0.39 is 11.6 Å². The zero-order valence-corrected chi connectivity index (χ0v) is 11.2. The van der Waals surface area contributed by atoms with Crippen LogP contribution in [0.2, 0.25) is 0 Å². The smallest absolute Gasteiger partial charge is 0.163 e. The second-order valence-electron chi connectivity index (χ2n) is 4.73. The Morgan fingerprint density at radius 1 is 1.42 bits per heavy atom. The Hall–Kier alpha value is -1.04. The van der Waals surface area contributed by atoms with Crippen molar-refractivity contribution in [1.29, 1.82) is 0 Å². The molecule has 0 aliphatic carbocycles. The molecule has 1 N–H and O–H groups in total. The molecule has 0 amide bonds. The molecule has 1 saturated heterocycles. The number of rotatable bonds is 5. The van der Waals surface area contributed by atoms with Crippen molar-refractivity contribution in [3.05, 3.63) is 35.4 Å². The van der Waals surface area contributed by atoms with Crippen LogP contribution in [0.4, 0.5) is 8.78 Å². The molecule has 1 aromatic rings. The summed E-state index contributed by atoms with van der Waals surface area (Å²) in [6, 6.07) is 4.24. The number of halogens is 2. The number of ether oxygens (including phenoxy) is 1. The first-order chi connectivity index (χ1) is 9.20. The molecule has 19 heavy (non-hydrogen) atoms. The Balaban J connectivity index is 1.78. The maximum atomic E-state index is 13.4. The van der Waals surface area contributed by atoms with Gasteiger partial charge in [-0.05, 0) is 12.6 Å². The van der Waals surface area contributed by atoms with Gasteiger partial charge in [-0.1, -0.05) is 19.1 Å². The van der Waals surface area contributed by atoms with Crippen LogP contribution in [-0.4, -0.2) is 43.8 Å². The van der Waals surface area contributed by atoms with E-state index in [0.717, 1.165) is 32.3 Å². The Labute approximate surface area is 112 Å². The van der Waals surface area contributed by atoms with Crippen LogP contribution in [0.5, 0.6) is 0 Å². The molecule has 1 unspecified atom stereocenters. The lowest BCUT2D eigenvalue weighted by atomic mass is 10.2. The maximum Gasteiger partial charge on any atom is 0.163 e. The highest BCUT2D eigenvalue weighted by atomic mass is 19.2. The van der Waals surface area contributed by atoms with Gasteiger partial charge in [-0.2, -0.15) is 0 Å². The quantitative estimate of drug-likeness (QED) is 0.882. The summed E-state index contributed by atoms with van der Waals surface area (Å²) in [4.78, 5) is 2.32. The first-order valence-electron chi connectivity index (χ1n) is 6.68. The summed E-state index contributed by atoms with van der Waals surface area (Å²) in [6.07, 6.45) is 0.116. The van der Waals surface area contributed by atoms with Gasteiger partial charge in [0.15, 0.2) is 11.6 Å². The molecule has 0 saturated carbocycles. The average molecular weight is 270 g/mol. The first-order valence-corrected chi connectivity index (χ1v) is 6.68. The van der Waals surface area contributed by atoms with Crippen LogP contribution in [0.1, 0.15) is 12.5 Å². The predicted molar refractivity (Wildman–Crippen MR) is 69.9 cm³/mol. The molecule has 1 aliphatic rings. The molecule has 1 aromatic carbocycles. The summed E-state index contributed by atoms with van der Waals surface area (Å²) in [5, 5.41) is 3.13. The summed E-state index contributed by atoms with van der Waals surface area (Å²) < 4.78 is 32.1. The van der Waals surface area contributed by atoms with Gasteiger partial charge in [-0.3, -0.25) is 4.90 Å². The highest BCUT2D eigenvalue weighted by molar-refractivity contribution is 5.18. The van der Waals surface area contributed by atoms with Crippen molar-refractivity contribution in [3.63, 3.8) is 0 Å². The van der Waals surface area contributed by atoms with Crippen LogP contribution in [0.3, 0.4) is 0 Å². The van der Waals surface area contributed by atoms with E-state index in [1.54, 1.807) is 6.07 Å². The Morgan fingerprint density at radius 2 is 2.26 bits per heavy atom. The van der Waals surface area contributed by atoms with E-state index in [4.69, 9.17) is 4.74 Å². The predicted octanol–water partition coefficient (Wildman–Crippen LogP) is 1.78. The highest BCUT2D eigenvalue weighted by Crippen LogP contribution is 2.11. The molecule has 0 bridgehead atoms. The molecule has 1 fully saturated rings. The van der Waals surface area contributed by atoms with Gasteiger partial charge in [0.25, 0.3) is 0 Å². The van der Waals surface area contributed by atoms with E-state index in [2.05, 4.69) is 17.1 Å². The fraction of sp³-hybridized carbons (Fsp3) is 0.571. The van der Waals surface area contributed by atoms with Gasteiger partial charge < -0.3 is 10.1 Å². The van der Waals surface area contributed by atoms with Crippen LogP contribution < -0.4 is 5.32 Å². The van der Waals surface area contributed by atoms with Crippen LogP contribution in [0.25, 0.3) is 0 Å². The van der Waals surface area contributed by atoms with Crippen molar-refractivity contribution < 1.29 is 13.5 Å². The van der Waals surface area contributed by atoms with E-state index >= 15 is 0 Å². The Morgan fingerprint density at radius 3 is 3.05 bits per heavy atom. The monoisotopic (exact) mass is 270 g/mol. The van der Waals surface area contributed by atoms with Crippen LogP contribution >= 0.6 is 0 Å². The molecule has 0 radical (unpaired) electrons. The van der Waals surface area contributed by atoms with Crippen molar-refractivity contribution in [3.8, 4) is 0 Å². The lowest BCUT2D eigenvalue weighted by Crippen LogP contribution is -2.46. The number of nitrogens with zero attached hydrogens (tertiary/aromatic N) is 1. The Bertz CT molecular complexity index is 414. The van der Waals surface area contributed by atoms with E-state index in [-0.39, 0.29) is 6.10 Å². The van der Waals surface area contributed by atoms with Gasteiger partial charge in [0.2, 0.25) is 0 Å². The standard InChI is InChI=1S/C14H20F2N2O/c1-2-18-6-7-19-12(10-18)9-17-8-11-4-3-5-13(15)14(11)16/h3-5,12,17H,2,6-10H2,1H3. The van der Waals surface area contributed by atoms with Crippen LogP contribution in [0, 0.1) is 11.6 Å². The number of benzene rings is 1. The third kappa shape index (κ3) is 3.96. The topological polar surface area (TPSA) is 24.5 Å². The summed E-state index contributed by atoms with van der Waals surface area (Å²) in [5.74, 6) is -1.57. The summed E-state index contributed by atoms with van der Waals surface area (Å²) in [6.45, 7) is 6.67. The molecule has 5 heteroatoms. The summed E-state index contributed by atoms with van der Waals surface area (Å²) >= 11 is 0. The third-order valence-corrected chi connectivity index (χ3v) is 3.39. The van der Waals surface area contributed by atoms with Crippen LogP contribution in [-0.2, 0) is 11.3 Å². The molecule has 106 valence electrons. The number of morpholine rings is 1. The largest absolute Gasteiger partial charge is 0.374 e. The van der Waals surface area contributed by atoms with Gasteiger partial charge in [0.05, 0.1) is 12.7 Å². The van der Waals surface area contributed by atoms with Crippen LogP contribution in [0.15, 0.2) is 18.2 Å². The zero-order valence-electron chi connectivity index (χ0n) is 11.2. The van der Waals surface area contributed by atoms with Crippen molar-refractivity contribution in [2.45, 2.75) is 19.6 Å². The van der Waals surface area contributed by atoms with E-state index in [1.165, 1.54) is 6.07 Å².